The summed E-state index contributed by atoms with van der Waals surface area (Å²) in [5.74, 6) is 0. The molecular formula is C4H16Ba2O2. The summed E-state index contributed by atoms with van der Waals surface area (Å²) in [5, 5.41) is 15.1. The SMILES string of the molecule is CCO.CCO.[BaH2].[BaH2]. The van der Waals surface area contributed by atoms with E-state index in [0.29, 0.717) is 0 Å². The molecule has 0 amide bonds. The number of aliphatic hydroxyl groups excluding tert-OH is 2. The van der Waals surface area contributed by atoms with E-state index in [1.165, 1.54) is 0 Å². The van der Waals surface area contributed by atoms with Crippen molar-refractivity contribution in [2.75, 3.05) is 13.2 Å². The Morgan fingerprint density at radius 3 is 0.875 bits per heavy atom. The van der Waals surface area contributed by atoms with E-state index in [0.717, 1.165) is 0 Å². The molecule has 0 heterocycles. The van der Waals surface area contributed by atoms with E-state index < -0.39 is 0 Å². The second-order valence-corrected chi connectivity index (χ2v) is 0.632. The van der Waals surface area contributed by atoms with Crippen molar-refractivity contribution in [3.05, 3.63) is 0 Å². The van der Waals surface area contributed by atoms with Gasteiger partial charge in [0.2, 0.25) is 0 Å². The van der Waals surface area contributed by atoms with Crippen molar-refractivity contribution in [1.82, 2.24) is 0 Å². The van der Waals surface area contributed by atoms with Crippen LogP contribution in [-0.4, -0.2) is 121 Å². The van der Waals surface area contributed by atoms with Crippen molar-refractivity contribution in [3.8, 4) is 0 Å². The van der Waals surface area contributed by atoms with Crippen LogP contribution in [-0.2, 0) is 0 Å². The van der Waals surface area contributed by atoms with Crippen LogP contribution >= 0.6 is 0 Å². The van der Waals surface area contributed by atoms with E-state index in [9.17, 15) is 0 Å². The van der Waals surface area contributed by atoms with Crippen LogP contribution in [0.25, 0.3) is 0 Å². The molecule has 0 radical (unpaired) electrons. The molecule has 0 aliphatic carbocycles. The topological polar surface area (TPSA) is 40.5 Å². The van der Waals surface area contributed by atoms with Gasteiger partial charge in [0, 0.05) is 13.2 Å². The van der Waals surface area contributed by atoms with Crippen molar-refractivity contribution < 1.29 is 10.2 Å². The van der Waals surface area contributed by atoms with Gasteiger partial charge in [-0.1, -0.05) is 0 Å². The normalized spacial score (nSPS) is 4.50. The Morgan fingerprint density at radius 1 is 0.875 bits per heavy atom. The van der Waals surface area contributed by atoms with E-state index in [1.54, 1.807) is 13.8 Å². The quantitative estimate of drug-likeness (QED) is 0.492. The number of rotatable bonds is 0. The second kappa shape index (κ2) is 32.2. The van der Waals surface area contributed by atoms with Gasteiger partial charge in [0.25, 0.3) is 0 Å². The molecule has 2 nitrogen and oxygen atoms in total. The van der Waals surface area contributed by atoms with Crippen LogP contribution in [0.4, 0.5) is 0 Å². The first-order valence-corrected chi connectivity index (χ1v) is 2.05. The molecule has 0 fully saturated rings. The molecule has 0 aromatic rings. The van der Waals surface area contributed by atoms with Crippen LogP contribution in [0.1, 0.15) is 13.8 Å². The van der Waals surface area contributed by atoms with Gasteiger partial charge in [0.1, 0.15) is 0 Å². The van der Waals surface area contributed by atoms with E-state index in [-0.39, 0.29) is 111 Å². The molecule has 0 saturated heterocycles. The molecule has 0 saturated carbocycles. The van der Waals surface area contributed by atoms with Gasteiger partial charge in [0.15, 0.2) is 0 Å². The van der Waals surface area contributed by atoms with E-state index >= 15 is 0 Å². The summed E-state index contributed by atoms with van der Waals surface area (Å²) < 4.78 is 0. The van der Waals surface area contributed by atoms with Gasteiger partial charge in [-0.05, 0) is 13.8 Å². The first kappa shape index (κ1) is 22.5. The predicted octanol–water partition coefficient (Wildman–Crippen LogP) is -1.84. The van der Waals surface area contributed by atoms with Crippen LogP contribution in [0.15, 0.2) is 0 Å². The van der Waals surface area contributed by atoms with Crippen molar-refractivity contribution in [2.24, 2.45) is 0 Å². The summed E-state index contributed by atoms with van der Waals surface area (Å²) in [7, 11) is 0. The Morgan fingerprint density at radius 2 is 0.875 bits per heavy atom. The Kier molecular flexibility index (Phi) is 90.5. The van der Waals surface area contributed by atoms with Gasteiger partial charge >= 0.3 is 97.8 Å². The van der Waals surface area contributed by atoms with Crippen LogP contribution < -0.4 is 0 Å². The molecule has 0 aliphatic heterocycles. The molecule has 0 aliphatic rings. The van der Waals surface area contributed by atoms with Crippen LogP contribution in [0, 0.1) is 0 Å². The third-order valence-corrected chi connectivity index (χ3v) is 0. The second-order valence-electron chi connectivity index (χ2n) is 0.632. The van der Waals surface area contributed by atoms with Crippen molar-refractivity contribution in [2.45, 2.75) is 13.8 Å². The number of hydrogen-bond acceptors (Lipinski definition) is 2. The van der Waals surface area contributed by atoms with Gasteiger partial charge in [-0.2, -0.15) is 0 Å². The summed E-state index contributed by atoms with van der Waals surface area (Å²) in [6, 6.07) is 0. The zero-order valence-electron chi connectivity index (χ0n) is 4.31. The Bertz CT molecular complexity index is 14.0. The van der Waals surface area contributed by atoms with E-state index in [1.807, 2.05) is 0 Å². The summed E-state index contributed by atoms with van der Waals surface area (Å²) in [4.78, 5) is 0. The summed E-state index contributed by atoms with van der Waals surface area (Å²) in [5.41, 5.74) is 0. The van der Waals surface area contributed by atoms with Crippen LogP contribution in [0.5, 0.6) is 0 Å². The summed E-state index contributed by atoms with van der Waals surface area (Å²) >= 11 is 0. The van der Waals surface area contributed by atoms with Crippen molar-refractivity contribution >= 4 is 97.8 Å². The van der Waals surface area contributed by atoms with Gasteiger partial charge in [0.05, 0.1) is 0 Å². The summed E-state index contributed by atoms with van der Waals surface area (Å²) in [6.07, 6.45) is 0. The van der Waals surface area contributed by atoms with E-state index in [4.69, 9.17) is 10.2 Å². The van der Waals surface area contributed by atoms with Crippen molar-refractivity contribution in [1.29, 1.82) is 0 Å². The molecule has 48 valence electrons. The van der Waals surface area contributed by atoms with Gasteiger partial charge in [-0.25, -0.2) is 0 Å². The zero-order valence-corrected chi connectivity index (χ0v) is 4.31. The predicted molar refractivity (Wildman–Crippen MR) is 42.6 cm³/mol. The van der Waals surface area contributed by atoms with Crippen LogP contribution in [0.2, 0.25) is 0 Å². The van der Waals surface area contributed by atoms with Gasteiger partial charge < -0.3 is 10.2 Å². The molecule has 8 heavy (non-hydrogen) atoms. The Labute approximate surface area is 132 Å². The molecule has 0 spiro atoms. The summed E-state index contributed by atoms with van der Waals surface area (Å²) in [6.45, 7) is 3.86. The fourth-order valence-corrected chi connectivity index (χ4v) is 0. The molecule has 0 bridgehead atoms. The first-order chi connectivity index (χ1) is 2.83. The maximum absolute atomic E-state index is 7.57. The number of hydrogen-bond donors (Lipinski definition) is 2. The maximum atomic E-state index is 7.57. The molecule has 0 aromatic heterocycles. The third kappa shape index (κ3) is 62.8. The molecule has 0 aromatic carbocycles. The Balaban J connectivity index is -0.0000000160. The van der Waals surface area contributed by atoms with Gasteiger partial charge in [-0.15, -0.1) is 0 Å². The average molecular weight is 371 g/mol. The number of aliphatic hydroxyl groups is 2. The minimum atomic E-state index is 0. The molecule has 0 atom stereocenters. The average Bonchev–Trinajstić information content (AvgIpc) is 1.39. The molecular weight excluding hydrogens is 355 g/mol. The molecule has 2 N–H and O–H groups in total. The third-order valence-electron chi connectivity index (χ3n) is 0. The van der Waals surface area contributed by atoms with Crippen molar-refractivity contribution in [3.63, 3.8) is 0 Å². The minimum absolute atomic E-state index is 0. The standard InChI is InChI=1S/2C2H6O.2Ba.4H/c2*1-2-3;;;;;;/h2*3H,2H2,1H3;;;;;;. The first-order valence-electron chi connectivity index (χ1n) is 2.05. The van der Waals surface area contributed by atoms with Crippen LogP contribution in [0.3, 0.4) is 0 Å². The zero-order chi connectivity index (χ0) is 5.41. The Hall–Kier alpha value is 3.06. The monoisotopic (exact) mass is 372 g/mol. The fraction of sp³-hybridized carbons (Fsp3) is 1.00. The molecule has 0 unspecified atom stereocenters. The molecule has 4 heteroatoms. The fourth-order valence-electron chi connectivity index (χ4n) is 0. The van der Waals surface area contributed by atoms with Gasteiger partial charge in [-0.3, -0.25) is 0 Å². The molecule has 0 rings (SSSR count). The van der Waals surface area contributed by atoms with E-state index in [2.05, 4.69) is 0 Å².